The number of hydrogen-bond donors (Lipinski definition) is 4. The van der Waals surface area contributed by atoms with Crippen molar-refractivity contribution in [3.63, 3.8) is 0 Å². The van der Waals surface area contributed by atoms with Crippen LogP contribution in [0.1, 0.15) is 6.92 Å². The number of urea groups is 1. The van der Waals surface area contributed by atoms with E-state index < -0.39 is 24.1 Å². The molecule has 9 heteroatoms. The first-order valence-corrected chi connectivity index (χ1v) is 7.73. The topological polar surface area (TPSA) is 98.7 Å². The summed E-state index contributed by atoms with van der Waals surface area (Å²) in [7, 11) is 0. The minimum absolute atomic E-state index is 0.445. The van der Waals surface area contributed by atoms with E-state index in [1.54, 1.807) is 12.1 Å². The van der Waals surface area contributed by atoms with E-state index in [9.17, 15) is 14.7 Å². The number of halogens is 3. The molecule has 0 aliphatic rings. The van der Waals surface area contributed by atoms with Crippen molar-refractivity contribution in [1.82, 2.24) is 5.32 Å². The summed E-state index contributed by atoms with van der Waals surface area (Å²) in [5.74, 6) is -1.32. The fourth-order valence-corrected chi connectivity index (χ4v) is 3.80. The van der Waals surface area contributed by atoms with E-state index in [0.717, 1.165) is 4.47 Å². The number of rotatable bonds is 4. The van der Waals surface area contributed by atoms with Crippen molar-refractivity contribution in [3.8, 4) is 0 Å². The number of nitrogens with one attached hydrogen (secondary N) is 2. The summed E-state index contributed by atoms with van der Waals surface area (Å²) < 4.78 is 2.02. The van der Waals surface area contributed by atoms with Crippen molar-refractivity contribution in [3.05, 3.63) is 25.6 Å². The lowest BCUT2D eigenvalue weighted by molar-refractivity contribution is -0.141. The van der Waals surface area contributed by atoms with Crippen LogP contribution in [0.15, 0.2) is 25.6 Å². The molecule has 4 N–H and O–H groups in total. The fraction of sp³-hybridized carbons (Fsp3) is 0.273. The highest BCUT2D eigenvalue weighted by Crippen LogP contribution is 2.34. The number of hydrogen-bond acceptors (Lipinski definition) is 3. The van der Waals surface area contributed by atoms with Crippen LogP contribution in [-0.4, -0.2) is 34.4 Å². The minimum Gasteiger partial charge on any atom is -0.480 e. The average Bonchev–Trinajstić information content (AvgIpc) is 2.29. The molecule has 110 valence electrons. The molecule has 1 aromatic rings. The van der Waals surface area contributed by atoms with Gasteiger partial charge in [0.1, 0.15) is 0 Å². The average molecular weight is 475 g/mol. The van der Waals surface area contributed by atoms with E-state index in [-0.39, 0.29) is 0 Å². The molecule has 0 spiro atoms. The SMILES string of the molecule is C[C@@H](O)[C@H](NC(=O)Nc1c(Br)cc(Br)cc1Br)C(=O)O. The van der Waals surface area contributed by atoms with Crippen LogP contribution in [0, 0.1) is 0 Å². The Balaban J connectivity index is 2.84. The van der Waals surface area contributed by atoms with Crippen LogP contribution in [0.3, 0.4) is 0 Å². The molecule has 0 fully saturated rings. The number of carbonyl (C=O) groups excluding carboxylic acids is 1. The van der Waals surface area contributed by atoms with Gasteiger partial charge in [-0.1, -0.05) is 15.9 Å². The second kappa shape index (κ2) is 7.39. The first-order chi connectivity index (χ1) is 9.22. The molecule has 0 aliphatic heterocycles. The van der Waals surface area contributed by atoms with Crippen molar-refractivity contribution >= 4 is 65.5 Å². The first kappa shape index (κ1) is 17.4. The third kappa shape index (κ3) is 4.72. The molecular formula is C11H11Br3N2O4. The van der Waals surface area contributed by atoms with Gasteiger partial charge in [-0.25, -0.2) is 9.59 Å². The summed E-state index contributed by atoms with van der Waals surface area (Å²) >= 11 is 9.86. The van der Waals surface area contributed by atoms with Gasteiger partial charge in [0.25, 0.3) is 0 Å². The molecule has 0 saturated heterocycles. The predicted octanol–water partition coefficient (Wildman–Crippen LogP) is 2.93. The molecule has 0 aliphatic carbocycles. The highest BCUT2D eigenvalue weighted by molar-refractivity contribution is 9.11. The zero-order valence-corrected chi connectivity index (χ0v) is 14.9. The second-order valence-electron chi connectivity index (χ2n) is 3.90. The lowest BCUT2D eigenvalue weighted by Crippen LogP contribution is -2.49. The molecule has 0 bridgehead atoms. The maximum Gasteiger partial charge on any atom is 0.328 e. The van der Waals surface area contributed by atoms with Gasteiger partial charge in [0.2, 0.25) is 0 Å². The van der Waals surface area contributed by atoms with E-state index in [4.69, 9.17) is 5.11 Å². The molecule has 2 atom stereocenters. The number of aliphatic hydroxyl groups excluding tert-OH is 1. The maximum atomic E-state index is 11.8. The van der Waals surface area contributed by atoms with Crippen LogP contribution >= 0.6 is 47.8 Å². The molecular weight excluding hydrogens is 464 g/mol. The van der Waals surface area contributed by atoms with Crippen molar-refractivity contribution in [2.75, 3.05) is 5.32 Å². The summed E-state index contributed by atoms with van der Waals surface area (Å²) in [5.41, 5.74) is 0.445. The quantitative estimate of drug-likeness (QED) is 0.539. The van der Waals surface area contributed by atoms with Gasteiger partial charge in [0.05, 0.1) is 11.8 Å². The van der Waals surface area contributed by atoms with E-state index in [1.165, 1.54) is 6.92 Å². The van der Waals surface area contributed by atoms with Crippen LogP contribution in [0.25, 0.3) is 0 Å². The molecule has 0 unspecified atom stereocenters. The largest absolute Gasteiger partial charge is 0.480 e. The number of benzene rings is 1. The molecule has 0 saturated carbocycles. The molecule has 0 heterocycles. The number of aliphatic carboxylic acids is 1. The number of carbonyl (C=O) groups is 2. The van der Waals surface area contributed by atoms with Crippen LogP contribution in [0.5, 0.6) is 0 Å². The Morgan fingerprint density at radius 3 is 2.10 bits per heavy atom. The molecule has 1 aromatic carbocycles. The molecule has 2 amide bonds. The number of amides is 2. The monoisotopic (exact) mass is 472 g/mol. The Morgan fingerprint density at radius 2 is 1.70 bits per heavy atom. The highest BCUT2D eigenvalue weighted by Gasteiger charge is 2.25. The van der Waals surface area contributed by atoms with Gasteiger partial charge in [0, 0.05) is 13.4 Å². The van der Waals surface area contributed by atoms with Gasteiger partial charge >= 0.3 is 12.0 Å². The Hall–Kier alpha value is -0.640. The lowest BCUT2D eigenvalue weighted by atomic mass is 10.2. The molecule has 20 heavy (non-hydrogen) atoms. The molecule has 0 aromatic heterocycles. The second-order valence-corrected chi connectivity index (χ2v) is 6.52. The smallest absolute Gasteiger partial charge is 0.328 e. The van der Waals surface area contributed by atoms with E-state index in [0.29, 0.717) is 14.6 Å². The predicted molar refractivity (Wildman–Crippen MR) is 84.8 cm³/mol. The summed E-state index contributed by atoms with van der Waals surface area (Å²) in [4.78, 5) is 22.7. The molecule has 0 radical (unpaired) electrons. The van der Waals surface area contributed by atoms with Gasteiger partial charge in [0.15, 0.2) is 6.04 Å². The van der Waals surface area contributed by atoms with Gasteiger partial charge in [-0.2, -0.15) is 0 Å². The Kier molecular flexibility index (Phi) is 6.44. The van der Waals surface area contributed by atoms with Crippen molar-refractivity contribution in [2.24, 2.45) is 0 Å². The number of carboxylic acids is 1. The van der Waals surface area contributed by atoms with Crippen molar-refractivity contribution < 1.29 is 19.8 Å². The van der Waals surface area contributed by atoms with Crippen LogP contribution < -0.4 is 10.6 Å². The van der Waals surface area contributed by atoms with Gasteiger partial charge in [-0.15, -0.1) is 0 Å². The summed E-state index contributed by atoms with van der Waals surface area (Å²) in [6, 6.07) is 1.33. The van der Waals surface area contributed by atoms with Gasteiger partial charge < -0.3 is 20.8 Å². The number of anilines is 1. The summed E-state index contributed by atoms with van der Waals surface area (Å²) in [6.45, 7) is 1.28. The zero-order valence-electron chi connectivity index (χ0n) is 10.2. The normalized spacial score (nSPS) is 13.4. The summed E-state index contributed by atoms with van der Waals surface area (Å²) in [5, 5.41) is 22.9. The van der Waals surface area contributed by atoms with E-state index >= 15 is 0 Å². The van der Waals surface area contributed by atoms with Crippen LogP contribution in [-0.2, 0) is 4.79 Å². The molecule has 1 rings (SSSR count). The minimum atomic E-state index is -1.39. The van der Waals surface area contributed by atoms with Crippen molar-refractivity contribution in [2.45, 2.75) is 19.1 Å². The third-order valence-electron chi connectivity index (χ3n) is 2.28. The standard InChI is InChI=1S/C11H11Br3N2O4/c1-4(17)8(10(18)19)15-11(20)16-9-6(13)2-5(12)3-7(9)14/h2-4,8,17H,1H3,(H,18,19)(H2,15,16,20)/t4-,8+/m1/s1. The first-order valence-electron chi connectivity index (χ1n) is 5.35. The maximum absolute atomic E-state index is 11.8. The zero-order chi connectivity index (χ0) is 15.4. The lowest BCUT2D eigenvalue weighted by Gasteiger charge is -2.18. The van der Waals surface area contributed by atoms with Gasteiger partial charge in [-0.3, -0.25) is 0 Å². The highest BCUT2D eigenvalue weighted by atomic mass is 79.9. The third-order valence-corrected chi connectivity index (χ3v) is 3.99. The fourth-order valence-electron chi connectivity index (χ4n) is 1.34. The van der Waals surface area contributed by atoms with Crippen molar-refractivity contribution in [1.29, 1.82) is 0 Å². The van der Waals surface area contributed by atoms with E-state index in [1.807, 2.05) is 0 Å². The number of aliphatic hydroxyl groups is 1. The Bertz CT molecular complexity index is 513. The van der Waals surface area contributed by atoms with Gasteiger partial charge in [-0.05, 0) is 50.9 Å². The van der Waals surface area contributed by atoms with E-state index in [2.05, 4.69) is 58.4 Å². The summed E-state index contributed by atoms with van der Waals surface area (Å²) in [6.07, 6.45) is -1.21. The van der Waals surface area contributed by atoms with Crippen LogP contribution in [0.4, 0.5) is 10.5 Å². The number of carboxylic acid groups (broad SMARTS) is 1. The molecule has 6 nitrogen and oxygen atoms in total. The van der Waals surface area contributed by atoms with Crippen LogP contribution in [0.2, 0.25) is 0 Å². The Morgan fingerprint density at radius 1 is 1.20 bits per heavy atom. The Labute approximate surface area is 140 Å².